The summed E-state index contributed by atoms with van der Waals surface area (Å²) in [7, 11) is 0. The first kappa shape index (κ1) is 17.4. The van der Waals surface area contributed by atoms with E-state index in [9.17, 15) is 4.79 Å². The fourth-order valence-corrected chi connectivity index (χ4v) is 3.94. The standard InChI is InChI=1S/C22H19N3OS/c1-2-16-11-12-19-20(14-16)27-22(24-19)25(15-18-10-6-7-13-23-18)21(26)17-8-4-3-5-9-17/h3-14H,2,15H2,1H3. The molecule has 0 fully saturated rings. The Hall–Kier alpha value is -3.05. The molecule has 0 aliphatic heterocycles. The highest BCUT2D eigenvalue weighted by molar-refractivity contribution is 7.22. The summed E-state index contributed by atoms with van der Waals surface area (Å²) in [5.74, 6) is -0.0731. The van der Waals surface area contributed by atoms with E-state index in [-0.39, 0.29) is 5.91 Å². The number of hydrogen-bond acceptors (Lipinski definition) is 4. The Morgan fingerprint density at radius 1 is 1.04 bits per heavy atom. The number of thiazole rings is 1. The number of amides is 1. The molecule has 0 saturated carbocycles. The van der Waals surface area contributed by atoms with Gasteiger partial charge in [-0.1, -0.05) is 48.6 Å². The van der Waals surface area contributed by atoms with Gasteiger partial charge in [-0.15, -0.1) is 0 Å². The molecule has 0 aliphatic carbocycles. The summed E-state index contributed by atoms with van der Waals surface area (Å²) in [6.07, 6.45) is 2.72. The number of nitrogens with zero attached hydrogens (tertiary/aromatic N) is 3. The predicted molar refractivity (Wildman–Crippen MR) is 110 cm³/mol. The Labute approximate surface area is 162 Å². The van der Waals surface area contributed by atoms with E-state index in [1.165, 1.54) is 5.56 Å². The van der Waals surface area contributed by atoms with Gasteiger partial charge in [0.15, 0.2) is 5.13 Å². The zero-order valence-electron chi connectivity index (χ0n) is 15.0. The first-order valence-corrected chi connectivity index (χ1v) is 9.72. The van der Waals surface area contributed by atoms with Gasteiger partial charge in [0.25, 0.3) is 5.91 Å². The van der Waals surface area contributed by atoms with Crippen molar-refractivity contribution in [2.24, 2.45) is 0 Å². The first-order chi connectivity index (χ1) is 13.2. The van der Waals surface area contributed by atoms with Gasteiger partial charge in [-0.2, -0.15) is 0 Å². The number of carbonyl (C=O) groups excluding carboxylic acids is 1. The van der Waals surface area contributed by atoms with Crippen molar-refractivity contribution in [2.75, 3.05) is 4.90 Å². The largest absolute Gasteiger partial charge is 0.278 e. The number of hydrogen-bond donors (Lipinski definition) is 0. The monoisotopic (exact) mass is 373 g/mol. The fraction of sp³-hybridized carbons (Fsp3) is 0.136. The van der Waals surface area contributed by atoms with Crippen LogP contribution in [0, 0.1) is 0 Å². The Kier molecular flexibility index (Phi) is 4.94. The maximum Gasteiger partial charge on any atom is 0.260 e. The van der Waals surface area contributed by atoms with Gasteiger partial charge in [-0.3, -0.25) is 14.7 Å². The van der Waals surface area contributed by atoms with Crippen molar-refractivity contribution >= 4 is 32.6 Å². The summed E-state index contributed by atoms with van der Waals surface area (Å²) < 4.78 is 1.09. The summed E-state index contributed by atoms with van der Waals surface area (Å²) >= 11 is 1.54. The van der Waals surface area contributed by atoms with Gasteiger partial charge in [-0.05, 0) is 48.4 Å². The molecule has 4 rings (SSSR count). The topological polar surface area (TPSA) is 46.1 Å². The number of benzene rings is 2. The van der Waals surface area contributed by atoms with E-state index in [0.717, 1.165) is 22.3 Å². The highest BCUT2D eigenvalue weighted by Crippen LogP contribution is 2.31. The van der Waals surface area contributed by atoms with Gasteiger partial charge in [0.05, 0.1) is 22.5 Å². The molecule has 0 aliphatic rings. The molecular weight excluding hydrogens is 354 g/mol. The van der Waals surface area contributed by atoms with Crippen molar-refractivity contribution in [1.82, 2.24) is 9.97 Å². The predicted octanol–water partition coefficient (Wildman–Crippen LogP) is 5.10. The molecule has 27 heavy (non-hydrogen) atoms. The summed E-state index contributed by atoms with van der Waals surface area (Å²) in [5.41, 5.74) is 3.65. The Bertz CT molecular complexity index is 1060. The molecule has 0 radical (unpaired) electrons. The van der Waals surface area contributed by atoms with Crippen LogP contribution in [0.3, 0.4) is 0 Å². The number of anilines is 1. The average molecular weight is 373 g/mol. The minimum atomic E-state index is -0.0731. The quantitative estimate of drug-likeness (QED) is 0.489. The van der Waals surface area contributed by atoms with E-state index >= 15 is 0 Å². The van der Waals surface area contributed by atoms with Crippen LogP contribution in [0.2, 0.25) is 0 Å². The Balaban J connectivity index is 1.76. The molecule has 0 spiro atoms. The second-order valence-electron chi connectivity index (χ2n) is 6.23. The SMILES string of the molecule is CCc1ccc2nc(N(Cc3ccccn3)C(=O)c3ccccc3)sc2c1. The lowest BCUT2D eigenvalue weighted by atomic mass is 10.2. The molecule has 0 unspecified atom stereocenters. The van der Waals surface area contributed by atoms with Gasteiger partial charge in [0.1, 0.15) is 0 Å². The van der Waals surface area contributed by atoms with Crippen LogP contribution < -0.4 is 4.90 Å². The lowest BCUT2D eigenvalue weighted by Crippen LogP contribution is -2.30. The Morgan fingerprint density at radius 3 is 2.59 bits per heavy atom. The third-order valence-electron chi connectivity index (χ3n) is 4.39. The van der Waals surface area contributed by atoms with Crippen LogP contribution in [0.1, 0.15) is 28.5 Å². The average Bonchev–Trinajstić information content (AvgIpc) is 3.15. The number of pyridine rings is 1. The van der Waals surface area contributed by atoms with Crippen molar-refractivity contribution in [3.8, 4) is 0 Å². The molecule has 5 heteroatoms. The minimum Gasteiger partial charge on any atom is -0.278 e. The van der Waals surface area contributed by atoms with E-state index < -0.39 is 0 Å². The smallest absolute Gasteiger partial charge is 0.260 e. The molecule has 1 amide bonds. The number of fused-ring (bicyclic) bond motifs is 1. The van der Waals surface area contributed by atoms with Crippen molar-refractivity contribution in [3.05, 3.63) is 89.7 Å². The van der Waals surface area contributed by atoms with E-state index in [1.54, 1.807) is 22.4 Å². The molecule has 0 N–H and O–H groups in total. The number of carbonyl (C=O) groups is 1. The van der Waals surface area contributed by atoms with Crippen LogP contribution in [-0.4, -0.2) is 15.9 Å². The van der Waals surface area contributed by atoms with E-state index in [4.69, 9.17) is 4.98 Å². The molecule has 2 aromatic carbocycles. The van der Waals surface area contributed by atoms with Gasteiger partial charge < -0.3 is 0 Å². The Morgan fingerprint density at radius 2 is 1.85 bits per heavy atom. The molecule has 4 aromatic rings. The summed E-state index contributed by atoms with van der Waals surface area (Å²) in [6.45, 7) is 2.52. The van der Waals surface area contributed by atoms with Crippen LogP contribution >= 0.6 is 11.3 Å². The van der Waals surface area contributed by atoms with Crippen molar-refractivity contribution in [1.29, 1.82) is 0 Å². The highest BCUT2D eigenvalue weighted by atomic mass is 32.1. The molecule has 4 nitrogen and oxygen atoms in total. The normalized spacial score (nSPS) is 10.9. The zero-order valence-corrected chi connectivity index (χ0v) is 15.8. The highest BCUT2D eigenvalue weighted by Gasteiger charge is 2.22. The molecule has 0 atom stereocenters. The lowest BCUT2D eigenvalue weighted by Gasteiger charge is -2.19. The number of rotatable bonds is 5. The van der Waals surface area contributed by atoms with Gasteiger partial charge in [-0.25, -0.2) is 4.98 Å². The third kappa shape index (κ3) is 3.73. The van der Waals surface area contributed by atoms with Crippen LogP contribution in [0.15, 0.2) is 72.9 Å². The summed E-state index contributed by atoms with van der Waals surface area (Å²) in [6, 6.07) is 21.3. The van der Waals surface area contributed by atoms with Crippen LogP contribution in [-0.2, 0) is 13.0 Å². The first-order valence-electron chi connectivity index (χ1n) is 8.91. The molecule has 0 saturated heterocycles. The van der Waals surface area contributed by atoms with Crippen molar-refractivity contribution in [2.45, 2.75) is 19.9 Å². The number of aromatic nitrogens is 2. The zero-order chi connectivity index (χ0) is 18.6. The van der Waals surface area contributed by atoms with Gasteiger partial charge in [0, 0.05) is 11.8 Å². The summed E-state index contributed by atoms with van der Waals surface area (Å²) in [4.78, 5) is 24.0. The van der Waals surface area contributed by atoms with Crippen LogP contribution in [0.4, 0.5) is 5.13 Å². The molecule has 2 aromatic heterocycles. The second-order valence-corrected chi connectivity index (χ2v) is 7.24. The van der Waals surface area contributed by atoms with Gasteiger partial charge >= 0.3 is 0 Å². The molecule has 134 valence electrons. The molecule has 2 heterocycles. The third-order valence-corrected chi connectivity index (χ3v) is 5.43. The fourth-order valence-electron chi connectivity index (χ4n) is 2.91. The maximum absolute atomic E-state index is 13.2. The van der Waals surface area contributed by atoms with Crippen molar-refractivity contribution in [3.63, 3.8) is 0 Å². The van der Waals surface area contributed by atoms with E-state index in [1.807, 2.05) is 54.6 Å². The molecular formula is C22H19N3OS. The minimum absolute atomic E-state index is 0.0731. The van der Waals surface area contributed by atoms with Crippen LogP contribution in [0.5, 0.6) is 0 Å². The second kappa shape index (κ2) is 7.68. The van der Waals surface area contributed by atoms with Gasteiger partial charge in [0.2, 0.25) is 0 Å². The van der Waals surface area contributed by atoms with E-state index in [0.29, 0.717) is 17.2 Å². The van der Waals surface area contributed by atoms with E-state index in [2.05, 4.69) is 24.0 Å². The lowest BCUT2D eigenvalue weighted by molar-refractivity contribution is 0.0985. The molecule has 0 bridgehead atoms. The van der Waals surface area contributed by atoms with Crippen molar-refractivity contribution < 1.29 is 4.79 Å². The van der Waals surface area contributed by atoms with Crippen LogP contribution in [0.25, 0.3) is 10.2 Å². The number of aryl methyl sites for hydroxylation is 1. The summed E-state index contributed by atoms with van der Waals surface area (Å²) in [5, 5.41) is 0.692. The maximum atomic E-state index is 13.2.